The molecule has 3 heteroatoms. The number of hydrogen-bond donors (Lipinski definition) is 0. The monoisotopic (exact) mass is 217 g/mol. The first-order chi connectivity index (χ1) is 7.75. The summed E-state index contributed by atoms with van der Waals surface area (Å²) in [5, 5.41) is 0. The van der Waals surface area contributed by atoms with Gasteiger partial charge >= 0.3 is 0 Å². The summed E-state index contributed by atoms with van der Waals surface area (Å²) in [7, 11) is 0. The van der Waals surface area contributed by atoms with Gasteiger partial charge in [0.25, 0.3) is 0 Å². The molecule has 0 bridgehead atoms. The molecular formula is C13H19N3. The molecule has 86 valence electrons. The van der Waals surface area contributed by atoms with Gasteiger partial charge in [-0.25, -0.2) is 9.97 Å². The van der Waals surface area contributed by atoms with E-state index < -0.39 is 0 Å². The fraction of sp³-hybridized carbons (Fsp3) is 0.692. The molecule has 0 amide bonds. The number of fused-ring (bicyclic) bond motifs is 3. The Morgan fingerprint density at radius 3 is 2.88 bits per heavy atom. The van der Waals surface area contributed by atoms with Crippen LogP contribution in [0.25, 0.3) is 0 Å². The summed E-state index contributed by atoms with van der Waals surface area (Å²) in [6, 6.07) is 0.745. The highest BCUT2D eigenvalue weighted by Gasteiger charge is 2.30. The van der Waals surface area contributed by atoms with Crippen molar-refractivity contribution in [3.05, 3.63) is 17.1 Å². The molecule has 1 saturated heterocycles. The summed E-state index contributed by atoms with van der Waals surface area (Å²) in [4.78, 5) is 11.7. The molecule has 1 atom stereocenters. The average molecular weight is 217 g/mol. The van der Waals surface area contributed by atoms with Gasteiger partial charge in [0.05, 0.1) is 0 Å². The Hall–Kier alpha value is -1.12. The zero-order valence-electron chi connectivity index (χ0n) is 10.2. The van der Waals surface area contributed by atoms with Crippen molar-refractivity contribution in [1.29, 1.82) is 0 Å². The first-order valence-electron chi connectivity index (χ1n) is 6.36. The maximum absolute atomic E-state index is 4.67. The minimum absolute atomic E-state index is 0.745. The van der Waals surface area contributed by atoms with E-state index in [9.17, 15) is 0 Å². The van der Waals surface area contributed by atoms with Crippen molar-refractivity contribution in [1.82, 2.24) is 9.97 Å². The second kappa shape index (κ2) is 3.72. The molecule has 0 saturated carbocycles. The Balaban J connectivity index is 2.06. The van der Waals surface area contributed by atoms with E-state index in [0.29, 0.717) is 0 Å². The molecular weight excluding hydrogens is 198 g/mol. The van der Waals surface area contributed by atoms with Gasteiger partial charge in [-0.3, -0.25) is 0 Å². The van der Waals surface area contributed by atoms with E-state index in [2.05, 4.69) is 21.8 Å². The molecule has 0 aliphatic carbocycles. The molecule has 2 aliphatic heterocycles. The van der Waals surface area contributed by atoms with Crippen LogP contribution in [-0.4, -0.2) is 22.6 Å². The second-order valence-corrected chi connectivity index (χ2v) is 5.04. The molecule has 1 fully saturated rings. The lowest BCUT2D eigenvalue weighted by Crippen LogP contribution is -2.43. The second-order valence-electron chi connectivity index (χ2n) is 5.04. The van der Waals surface area contributed by atoms with Gasteiger partial charge in [0, 0.05) is 23.8 Å². The van der Waals surface area contributed by atoms with Gasteiger partial charge in [0.1, 0.15) is 11.6 Å². The third-order valence-corrected chi connectivity index (χ3v) is 3.93. The van der Waals surface area contributed by atoms with E-state index in [1.807, 2.05) is 6.92 Å². The van der Waals surface area contributed by atoms with Crippen LogP contribution in [0.15, 0.2) is 0 Å². The number of nitrogens with zero attached hydrogens (tertiary/aromatic N) is 3. The first-order valence-corrected chi connectivity index (χ1v) is 6.36. The third kappa shape index (κ3) is 1.49. The van der Waals surface area contributed by atoms with Crippen molar-refractivity contribution in [2.45, 2.75) is 52.0 Å². The Morgan fingerprint density at radius 2 is 2.00 bits per heavy atom. The molecule has 1 unspecified atom stereocenters. The van der Waals surface area contributed by atoms with Gasteiger partial charge in [-0.1, -0.05) is 0 Å². The van der Waals surface area contributed by atoms with Gasteiger partial charge in [0.15, 0.2) is 0 Å². The van der Waals surface area contributed by atoms with Crippen LogP contribution in [0.4, 0.5) is 5.82 Å². The number of aryl methyl sites for hydroxylation is 2. The lowest BCUT2D eigenvalue weighted by molar-refractivity contribution is 0.418. The highest BCUT2D eigenvalue weighted by atomic mass is 15.2. The molecule has 3 heterocycles. The van der Waals surface area contributed by atoms with E-state index in [1.54, 1.807) is 0 Å². The van der Waals surface area contributed by atoms with Crippen LogP contribution in [0.1, 0.15) is 42.8 Å². The van der Waals surface area contributed by atoms with Crippen molar-refractivity contribution in [2.75, 3.05) is 11.4 Å². The van der Waals surface area contributed by atoms with Gasteiger partial charge in [0.2, 0.25) is 0 Å². The topological polar surface area (TPSA) is 29.0 Å². The maximum atomic E-state index is 4.67. The summed E-state index contributed by atoms with van der Waals surface area (Å²) in [5.41, 5.74) is 2.58. The lowest BCUT2D eigenvalue weighted by Gasteiger charge is -2.41. The van der Waals surface area contributed by atoms with E-state index in [4.69, 9.17) is 0 Å². The smallest absolute Gasteiger partial charge is 0.135 e. The summed E-state index contributed by atoms with van der Waals surface area (Å²) >= 11 is 0. The standard InChI is InChI=1S/C13H19N3/c1-9-12-7-6-11-5-3-4-8-16(11)13(12)15-10(2)14-9/h11H,3-8H2,1-2H3. The summed E-state index contributed by atoms with van der Waals surface area (Å²) in [5.74, 6) is 2.16. The largest absolute Gasteiger partial charge is 0.353 e. The molecule has 1 aromatic rings. The van der Waals surface area contributed by atoms with Gasteiger partial charge in [-0.05, 0) is 46.0 Å². The summed E-state index contributed by atoms with van der Waals surface area (Å²) < 4.78 is 0. The molecule has 3 rings (SSSR count). The molecule has 1 aromatic heterocycles. The maximum Gasteiger partial charge on any atom is 0.135 e. The third-order valence-electron chi connectivity index (χ3n) is 3.93. The van der Waals surface area contributed by atoms with E-state index in [0.717, 1.165) is 11.9 Å². The number of rotatable bonds is 0. The Morgan fingerprint density at radius 1 is 1.12 bits per heavy atom. The molecule has 0 spiro atoms. The van der Waals surface area contributed by atoms with Crippen molar-refractivity contribution in [3.8, 4) is 0 Å². The number of anilines is 1. The molecule has 0 radical (unpaired) electrons. The van der Waals surface area contributed by atoms with Gasteiger partial charge < -0.3 is 4.90 Å². The zero-order chi connectivity index (χ0) is 11.1. The Labute approximate surface area is 96.9 Å². The van der Waals surface area contributed by atoms with E-state index in [1.165, 1.54) is 55.7 Å². The van der Waals surface area contributed by atoms with Crippen molar-refractivity contribution < 1.29 is 0 Å². The summed E-state index contributed by atoms with van der Waals surface area (Å²) in [6.07, 6.45) is 6.52. The molecule has 2 aliphatic rings. The highest BCUT2D eigenvalue weighted by Crippen LogP contribution is 2.34. The first kappa shape index (κ1) is 10.1. The van der Waals surface area contributed by atoms with Gasteiger partial charge in [-0.15, -0.1) is 0 Å². The predicted molar refractivity (Wildman–Crippen MR) is 64.8 cm³/mol. The molecule has 3 nitrogen and oxygen atoms in total. The minimum atomic E-state index is 0.745. The van der Waals surface area contributed by atoms with Crippen molar-refractivity contribution in [3.63, 3.8) is 0 Å². The van der Waals surface area contributed by atoms with Gasteiger partial charge in [-0.2, -0.15) is 0 Å². The summed E-state index contributed by atoms with van der Waals surface area (Å²) in [6.45, 7) is 5.31. The van der Waals surface area contributed by atoms with Crippen molar-refractivity contribution >= 4 is 5.82 Å². The van der Waals surface area contributed by atoms with E-state index in [-0.39, 0.29) is 0 Å². The van der Waals surface area contributed by atoms with E-state index >= 15 is 0 Å². The minimum Gasteiger partial charge on any atom is -0.353 e. The number of hydrogen-bond acceptors (Lipinski definition) is 3. The molecule has 16 heavy (non-hydrogen) atoms. The Kier molecular flexibility index (Phi) is 2.34. The number of piperidine rings is 1. The fourth-order valence-corrected chi connectivity index (χ4v) is 3.14. The predicted octanol–water partition coefficient (Wildman–Crippen LogP) is 2.40. The number of aromatic nitrogens is 2. The SMILES string of the molecule is Cc1nc(C)c2c(n1)N1CCCCC1CC2. The lowest BCUT2D eigenvalue weighted by atomic mass is 9.91. The molecule has 0 aromatic carbocycles. The molecule has 0 N–H and O–H groups in total. The van der Waals surface area contributed by atoms with Crippen LogP contribution < -0.4 is 4.90 Å². The fourth-order valence-electron chi connectivity index (χ4n) is 3.14. The van der Waals surface area contributed by atoms with Crippen LogP contribution >= 0.6 is 0 Å². The van der Waals surface area contributed by atoms with Crippen LogP contribution in [0.2, 0.25) is 0 Å². The van der Waals surface area contributed by atoms with Crippen LogP contribution in [0.3, 0.4) is 0 Å². The van der Waals surface area contributed by atoms with Crippen LogP contribution in [0.5, 0.6) is 0 Å². The highest BCUT2D eigenvalue weighted by molar-refractivity contribution is 5.52. The van der Waals surface area contributed by atoms with Crippen LogP contribution in [-0.2, 0) is 6.42 Å². The Bertz CT molecular complexity index is 414. The van der Waals surface area contributed by atoms with Crippen molar-refractivity contribution in [2.24, 2.45) is 0 Å². The normalized spacial score (nSPS) is 23.9. The average Bonchev–Trinajstić information content (AvgIpc) is 2.28. The quantitative estimate of drug-likeness (QED) is 0.668. The van der Waals surface area contributed by atoms with Crippen LogP contribution in [0, 0.1) is 13.8 Å². The zero-order valence-corrected chi connectivity index (χ0v) is 10.2.